The molecule has 0 unspecified atom stereocenters. The van der Waals surface area contributed by atoms with Gasteiger partial charge in [0.2, 0.25) is 0 Å². The molecule has 0 bridgehead atoms. The molecule has 0 amide bonds. The first-order valence-electron chi connectivity index (χ1n) is 3.91. The Balaban J connectivity index is 3.73. The summed E-state index contributed by atoms with van der Waals surface area (Å²) in [5.74, 6) is 0.690. The van der Waals surface area contributed by atoms with E-state index in [4.69, 9.17) is 0 Å². The third-order valence-corrected chi connectivity index (χ3v) is 1.60. The van der Waals surface area contributed by atoms with E-state index < -0.39 is 0 Å². The number of carbonyl (C=O) groups excluding carboxylic acids is 1. The Morgan fingerprint density at radius 2 is 1.90 bits per heavy atom. The van der Waals surface area contributed by atoms with Crippen LogP contribution in [0.5, 0.6) is 0 Å². The van der Waals surface area contributed by atoms with Crippen LogP contribution in [0.25, 0.3) is 0 Å². The molecule has 0 aromatic carbocycles. The minimum Gasteiger partial charge on any atom is -0.303 e. The number of rotatable bonds is 4. The van der Waals surface area contributed by atoms with E-state index in [1.54, 1.807) is 0 Å². The Morgan fingerprint density at radius 3 is 2.20 bits per heavy atom. The maximum Gasteiger partial charge on any atom is 0.120 e. The average molecular weight is 142 g/mol. The molecule has 10 heavy (non-hydrogen) atoms. The smallest absolute Gasteiger partial charge is 0.120 e. The van der Waals surface area contributed by atoms with E-state index in [0.29, 0.717) is 12.3 Å². The fourth-order valence-electron chi connectivity index (χ4n) is 1.41. The topological polar surface area (TPSA) is 17.1 Å². The second kappa shape index (κ2) is 3.75. The standard InChI is InChI=1S/C9H18O/c1-8(2)7-9(3,4)5-6-10/h6,8H,5,7H2,1-4H3. The highest BCUT2D eigenvalue weighted by molar-refractivity contribution is 5.50. The van der Waals surface area contributed by atoms with E-state index in [9.17, 15) is 4.79 Å². The van der Waals surface area contributed by atoms with E-state index in [1.165, 1.54) is 0 Å². The Kier molecular flexibility index (Phi) is 3.62. The molecule has 0 heterocycles. The number of aldehydes is 1. The Morgan fingerprint density at radius 1 is 1.40 bits per heavy atom. The van der Waals surface area contributed by atoms with Crippen LogP contribution in [0.15, 0.2) is 0 Å². The molecule has 0 aromatic heterocycles. The van der Waals surface area contributed by atoms with E-state index in [0.717, 1.165) is 12.7 Å². The lowest BCUT2D eigenvalue weighted by Gasteiger charge is -2.23. The fraction of sp³-hybridized carbons (Fsp3) is 0.889. The quantitative estimate of drug-likeness (QED) is 0.551. The Hall–Kier alpha value is -0.330. The fourth-order valence-corrected chi connectivity index (χ4v) is 1.41. The van der Waals surface area contributed by atoms with Crippen LogP contribution < -0.4 is 0 Å². The molecule has 0 atom stereocenters. The van der Waals surface area contributed by atoms with Gasteiger partial charge in [0.05, 0.1) is 0 Å². The molecule has 1 heteroatoms. The second-order valence-corrected chi connectivity index (χ2v) is 4.13. The second-order valence-electron chi connectivity index (χ2n) is 4.13. The van der Waals surface area contributed by atoms with Crippen LogP contribution in [0.2, 0.25) is 0 Å². The molecule has 0 saturated carbocycles. The van der Waals surface area contributed by atoms with Gasteiger partial charge in [0.15, 0.2) is 0 Å². The minimum atomic E-state index is 0.204. The van der Waals surface area contributed by atoms with Gasteiger partial charge in [-0.1, -0.05) is 27.7 Å². The Labute approximate surface area is 63.8 Å². The molecule has 0 rings (SSSR count). The van der Waals surface area contributed by atoms with Crippen LogP contribution in [0.4, 0.5) is 0 Å². The van der Waals surface area contributed by atoms with Gasteiger partial charge in [-0.3, -0.25) is 0 Å². The highest BCUT2D eigenvalue weighted by Gasteiger charge is 2.17. The monoisotopic (exact) mass is 142 g/mol. The molecule has 0 spiro atoms. The van der Waals surface area contributed by atoms with Gasteiger partial charge in [-0.05, 0) is 17.8 Å². The summed E-state index contributed by atoms with van der Waals surface area (Å²) < 4.78 is 0. The van der Waals surface area contributed by atoms with Crippen LogP contribution >= 0.6 is 0 Å². The SMILES string of the molecule is CC(C)CC(C)(C)CC=O. The molecular weight excluding hydrogens is 124 g/mol. The third kappa shape index (κ3) is 4.54. The van der Waals surface area contributed by atoms with Gasteiger partial charge in [-0.25, -0.2) is 0 Å². The number of hydrogen-bond acceptors (Lipinski definition) is 1. The zero-order chi connectivity index (χ0) is 8.20. The summed E-state index contributed by atoms with van der Waals surface area (Å²) in [6.45, 7) is 8.65. The molecular formula is C9H18O. The molecule has 0 radical (unpaired) electrons. The van der Waals surface area contributed by atoms with Crippen LogP contribution in [0.1, 0.15) is 40.5 Å². The van der Waals surface area contributed by atoms with Crippen molar-refractivity contribution in [2.24, 2.45) is 11.3 Å². The molecule has 0 aliphatic rings. The summed E-state index contributed by atoms with van der Waals surface area (Å²) in [7, 11) is 0. The van der Waals surface area contributed by atoms with Gasteiger partial charge in [-0.2, -0.15) is 0 Å². The van der Waals surface area contributed by atoms with Gasteiger partial charge in [0.1, 0.15) is 6.29 Å². The van der Waals surface area contributed by atoms with Crippen molar-refractivity contribution in [3.8, 4) is 0 Å². The van der Waals surface area contributed by atoms with Crippen molar-refractivity contribution < 1.29 is 4.79 Å². The van der Waals surface area contributed by atoms with Gasteiger partial charge in [0, 0.05) is 6.42 Å². The van der Waals surface area contributed by atoms with E-state index in [-0.39, 0.29) is 5.41 Å². The summed E-state index contributed by atoms with van der Waals surface area (Å²) >= 11 is 0. The average Bonchev–Trinajstić information content (AvgIpc) is 1.59. The number of carbonyl (C=O) groups is 1. The molecule has 60 valence electrons. The molecule has 0 fully saturated rings. The van der Waals surface area contributed by atoms with Crippen molar-refractivity contribution >= 4 is 6.29 Å². The first kappa shape index (κ1) is 9.67. The molecule has 0 saturated heterocycles. The summed E-state index contributed by atoms with van der Waals surface area (Å²) in [4.78, 5) is 10.2. The first-order valence-corrected chi connectivity index (χ1v) is 3.91. The highest BCUT2D eigenvalue weighted by atomic mass is 16.1. The lowest BCUT2D eigenvalue weighted by molar-refractivity contribution is -0.109. The third-order valence-electron chi connectivity index (χ3n) is 1.60. The van der Waals surface area contributed by atoms with Gasteiger partial charge < -0.3 is 4.79 Å². The molecule has 0 aliphatic heterocycles. The van der Waals surface area contributed by atoms with Gasteiger partial charge >= 0.3 is 0 Å². The van der Waals surface area contributed by atoms with Gasteiger partial charge in [-0.15, -0.1) is 0 Å². The summed E-state index contributed by atoms with van der Waals surface area (Å²) in [5, 5.41) is 0. The lowest BCUT2D eigenvalue weighted by atomic mass is 9.82. The normalized spacial score (nSPS) is 12.1. The Bertz CT molecular complexity index is 103. The maximum absolute atomic E-state index is 10.2. The lowest BCUT2D eigenvalue weighted by Crippen LogP contribution is -2.14. The molecule has 0 aliphatic carbocycles. The summed E-state index contributed by atoms with van der Waals surface area (Å²) in [5.41, 5.74) is 0.204. The van der Waals surface area contributed by atoms with Gasteiger partial charge in [0.25, 0.3) is 0 Å². The van der Waals surface area contributed by atoms with E-state index in [1.807, 2.05) is 0 Å². The molecule has 0 aromatic rings. The first-order chi connectivity index (χ1) is 4.48. The number of hydrogen-bond donors (Lipinski definition) is 0. The highest BCUT2D eigenvalue weighted by Crippen LogP contribution is 2.27. The van der Waals surface area contributed by atoms with Crippen molar-refractivity contribution in [1.82, 2.24) is 0 Å². The van der Waals surface area contributed by atoms with Crippen molar-refractivity contribution in [3.05, 3.63) is 0 Å². The van der Waals surface area contributed by atoms with Crippen LogP contribution in [0.3, 0.4) is 0 Å². The maximum atomic E-state index is 10.2. The van der Waals surface area contributed by atoms with E-state index in [2.05, 4.69) is 27.7 Å². The molecule has 0 N–H and O–H groups in total. The predicted molar refractivity (Wildman–Crippen MR) is 43.9 cm³/mol. The summed E-state index contributed by atoms with van der Waals surface area (Å²) in [6, 6.07) is 0. The zero-order valence-corrected chi connectivity index (χ0v) is 7.48. The zero-order valence-electron chi connectivity index (χ0n) is 7.48. The van der Waals surface area contributed by atoms with E-state index >= 15 is 0 Å². The van der Waals surface area contributed by atoms with Crippen LogP contribution in [-0.2, 0) is 4.79 Å². The predicted octanol–water partition coefficient (Wildman–Crippen LogP) is 2.65. The van der Waals surface area contributed by atoms with Crippen molar-refractivity contribution in [3.63, 3.8) is 0 Å². The minimum absolute atomic E-state index is 0.204. The van der Waals surface area contributed by atoms with Crippen molar-refractivity contribution in [2.75, 3.05) is 0 Å². The van der Waals surface area contributed by atoms with Crippen molar-refractivity contribution in [1.29, 1.82) is 0 Å². The van der Waals surface area contributed by atoms with Crippen molar-refractivity contribution in [2.45, 2.75) is 40.5 Å². The molecule has 1 nitrogen and oxygen atoms in total. The summed E-state index contributed by atoms with van der Waals surface area (Å²) in [6.07, 6.45) is 2.83. The van der Waals surface area contributed by atoms with Crippen LogP contribution in [0, 0.1) is 11.3 Å². The largest absolute Gasteiger partial charge is 0.303 e. The van der Waals surface area contributed by atoms with Crippen LogP contribution in [-0.4, -0.2) is 6.29 Å².